The van der Waals surface area contributed by atoms with Gasteiger partial charge in [-0.25, -0.2) is 8.42 Å². The third kappa shape index (κ3) is 3.52. The fourth-order valence-corrected chi connectivity index (χ4v) is 2.36. The van der Waals surface area contributed by atoms with E-state index in [1.54, 1.807) is 32.0 Å². The van der Waals surface area contributed by atoms with Gasteiger partial charge in [-0.1, -0.05) is 18.2 Å². The number of aryl methyl sites for hydroxylation is 1. The van der Waals surface area contributed by atoms with Crippen LogP contribution in [0.15, 0.2) is 24.3 Å². The van der Waals surface area contributed by atoms with Crippen molar-refractivity contribution in [3.05, 3.63) is 39.9 Å². The molecule has 1 aromatic rings. The van der Waals surface area contributed by atoms with Gasteiger partial charge in [-0.05, 0) is 20.3 Å². The van der Waals surface area contributed by atoms with Gasteiger partial charge in [0, 0.05) is 11.6 Å². The summed E-state index contributed by atoms with van der Waals surface area (Å²) in [4.78, 5) is 10.2. The Morgan fingerprint density at radius 3 is 2.41 bits per heavy atom. The third-order valence-corrected chi connectivity index (χ3v) is 4.77. The van der Waals surface area contributed by atoms with E-state index in [1.807, 2.05) is 0 Å². The van der Waals surface area contributed by atoms with Crippen LogP contribution in [-0.2, 0) is 16.3 Å². The number of sulfone groups is 1. The molecule has 0 amide bonds. The number of rotatable bonds is 5. The average Bonchev–Trinajstić information content (AvgIpc) is 2.26. The van der Waals surface area contributed by atoms with Gasteiger partial charge in [-0.2, -0.15) is 0 Å². The predicted octanol–water partition coefficient (Wildman–Crippen LogP) is 1.96. The van der Waals surface area contributed by atoms with Gasteiger partial charge in [0.2, 0.25) is 0 Å². The van der Waals surface area contributed by atoms with E-state index in [0.717, 1.165) is 0 Å². The van der Waals surface area contributed by atoms with Crippen LogP contribution in [0.25, 0.3) is 0 Å². The molecule has 0 saturated heterocycles. The van der Waals surface area contributed by atoms with E-state index in [-0.39, 0.29) is 17.9 Å². The van der Waals surface area contributed by atoms with Crippen LogP contribution in [-0.4, -0.2) is 24.3 Å². The van der Waals surface area contributed by atoms with Gasteiger partial charge in [0.15, 0.2) is 9.84 Å². The first kappa shape index (κ1) is 13.6. The lowest BCUT2D eigenvalue weighted by Crippen LogP contribution is -2.19. The third-order valence-electron chi connectivity index (χ3n) is 2.56. The molecule has 0 bridgehead atoms. The van der Waals surface area contributed by atoms with Crippen molar-refractivity contribution in [2.45, 2.75) is 25.5 Å². The van der Waals surface area contributed by atoms with Crippen LogP contribution in [0.2, 0.25) is 0 Å². The Morgan fingerprint density at radius 2 is 1.88 bits per heavy atom. The summed E-state index contributed by atoms with van der Waals surface area (Å²) in [6, 6.07) is 6.22. The first-order valence-electron chi connectivity index (χ1n) is 5.28. The van der Waals surface area contributed by atoms with Crippen molar-refractivity contribution in [1.82, 2.24) is 0 Å². The number of para-hydroxylation sites is 1. The molecule has 5 nitrogen and oxygen atoms in total. The van der Waals surface area contributed by atoms with E-state index >= 15 is 0 Å². The highest BCUT2D eigenvalue weighted by atomic mass is 32.2. The van der Waals surface area contributed by atoms with E-state index in [0.29, 0.717) is 5.56 Å². The molecule has 0 aliphatic heterocycles. The molecule has 0 atom stereocenters. The molecule has 0 spiro atoms. The Kier molecular flexibility index (Phi) is 4.22. The van der Waals surface area contributed by atoms with Crippen LogP contribution in [0.3, 0.4) is 0 Å². The van der Waals surface area contributed by atoms with Gasteiger partial charge >= 0.3 is 0 Å². The van der Waals surface area contributed by atoms with Gasteiger partial charge in [-0.3, -0.25) is 10.1 Å². The maximum atomic E-state index is 11.6. The van der Waals surface area contributed by atoms with Gasteiger partial charge < -0.3 is 0 Å². The van der Waals surface area contributed by atoms with Crippen LogP contribution in [0.4, 0.5) is 5.69 Å². The molecule has 0 aliphatic rings. The Balaban J connectivity index is 2.87. The number of hydrogen-bond acceptors (Lipinski definition) is 4. The molecule has 0 N–H and O–H groups in total. The normalized spacial score (nSPS) is 11.7. The van der Waals surface area contributed by atoms with E-state index in [1.165, 1.54) is 6.07 Å². The topological polar surface area (TPSA) is 77.3 Å². The Morgan fingerprint density at radius 1 is 1.29 bits per heavy atom. The molecule has 17 heavy (non-hydrogen) atoms. The van der Waals surface area contributed by atoms with Crippen molar-refractivity contribution < 1.29 is 13.3 Å². The summed E-state index contributed by atoms with van der Waals surface area (Å²) in [7, 11) is -3.16. The molecule has 0 saturated carbocycles. The first-order chi connectivity index (χ1) is 7.84. The molecule has 0 fully saturated rings. The van der Waals surface area contributed by atoms with Crippen LogP contribution < -0.4 is 0 Å². The largest absolute Gasteiger partial charge is 0.272 e. The average molecular weight is 257 g/mol. The molecule has 1 rings (SSSR count). The minimum atomic E-state index is -3.16. The molecule has 1 aromatic carbocycles. The van der Waals surface area contributed by atoms with Crippen LogP contribution in [0.1, 0.15) is 19.4 Å². The van der Waals surface area contributed by atoms with E-state index < -0.39 is 20.0 Å². The summed E-state index contributed by atoms with van der Waals surface area (Å²) in [5.74, 6) is -0.0600. The van der Waals surface area contributed by atoms with Crippen LogP contribution in [0, 0.1) is 10.1 Å². The number of nitrogens with zero attached hydrogens (tertiary/aromatic N) is 1. The summed E-state index contributed by atoms with van der Waals surface area (Å²) in [6.07, 6.45) is 0.178. The van der Waals surface area contributed by atoms with E-state index in [2.05, 4.69) is 0 Å². The number of benzene rings is 1. The van der Waals surface area contributed by atoms with Gasteiger partial charge in [-0.15, -0.1) is 0 Å². The molecular formula is C11H15NO4S. The lowest BCUT2D eigenvalue weighted by Gasteiger charge is -2.07. The number of hydrogen-bond donors (Lipinski definition) is 0. The molecule has 6 heteroatoms. The van der Waals surface area contributed by atoms with Crippen molar-refractivity contribution in [3.8, 4) is 0 Å². The van der Waals surface area contributed by atoms with Crippen molar-refractivity contribution in [2.75, 3.05) is 5.75 Å². The van der Waals surface area contributed by atoms with Crippen molar-refractivity contribution in [3.63, 3.8) is 0 Å². The highest BCUT2D eigenvalue weighted by Crippen LogP contribution is 2.19. The van der Waals surface area contributed by atoms with Crippen LogP contribution in [0.5, 0.6) is 0 Å². The quantitative estimate of drug-likeness (QED) is 0.596. The summed E-state index contributed by atoms with van der Waals surface area (Å²) in [5, 5.41) is 10.3. The monoisotopic (exact) mass is 257 g/mol. The lowest BCUT2D eigenvalue weighted by atomic mass is 10.1. The Hall–Kier alpha value is -1.43. The summed E-state index contributed by atoms with van der Waals surface area (Å²) in [6.45, 7) is 3.21. The zero-order valence-corrected chi connectivity index (χ0v) is 10.6. The van der Waals surface area contributed by atoms with Crippen molar-refractivity contribution >= 4 is 15.5 Å². The predicted molar refractivity (Wildman–Crippen MR) is 65.7 cm³/mol. The summed E-state index contributed by atoms with van der Waals surface area (Å²) in [5.41, 5.74) is 0.438. The minimum Gasteiger partial charge on any atom is -0.258 e. The summed E-state index contributed by atoms with van der Waals surface area (Å²) >= 11 is 0. The van der Waals surface area contributed by atoms with Gasteiger partial charge in [0.05, 0.1) is 15.9 Å². The fraction of sp³-hybridized carbons (Fsp3) is 0.455. The maximum Gasteiger partial charge on any atom is 0.272 e. The fourth-order valence-electron chi connectivity index (χ4n) is 1.39. The second-order valence-corrected chi connectivity index (χ2v) is 6.73. The molecule has 0 heterocycles. The molecular weight excluding hydrogens is 242 g/mol. The number of nitro benzene ring substituents is 1. The van der Waals surface area contributed by atoms with E-state index in [4.69, 9.17) is 0 Å². The highest BCUT2D eigenvalue weighted by Gasteiger charge is 2.19. The second-order valence-electron chi connectivity index (χ2n) is 4.05. The van der Waals surface area contributed by atoms with Crippen LogP contribution >= 0.6 is 0 Å². The zero-order chi connectivity index (χ0) is 13.1. The minimum absolute atomic E-state index is 0.0218. The molecule has 0 radical (unpaired) electrons. The second kappa shape index (κ2) is 5.27. The van der Waals surface area contributed by atoms with E-state index in [9.17, 15) is 18.5 Å². The molecule has 94 valence electrons. The number of nitro groups is 1. The van der Waals surface area contributed by atoms with Crippen molar-refractivity contribution in [1.29, 1.82) is 0 Å². The zero-order valence-electron chi connectivity index (χ0n) is 9.79. The Bertz CT molecular complexity index is 508. The molecule has 0 aliphatic carbocycles. The summed E-state index contributed by atoms with van der Waals surface area (Å²) < 4.78 is 23.2. The van der Waals surface area contributed by atoms with Gasteiger partial charge in [0.25, 0.3) is 5.69 Å². The SMILES string of the molecule is CC(C)S(=O)(=O)CCc1ccccc1[N+](=O)[O-]. The molecule has 0 unspecified atom stereocenters. The van der Waals surface area contributed by atoms with Gasteiger partial charge in [0.1, 0.15) is 0 Å². The lowest BCUT2D eigenvalue weighted by molar-refractivity contribution is -0.385. The Labute approximate surface area is 101 Å². The smallest absolute Gasteiger partial charge is 0.258 e. The first-order valence-corrected chi connectivity index (χ1v) is 7.00. The molecule has 0 aromatic heterocycles. The van der Waals surface area contributed by atoms with Crippen molar-refractivity contribution in [2.24, 2.45) is 0 Å². The standard InChI is InChI=1S/C11H15NO4S/c1-9(2)17(15,16)8-7-10-5-3-4-6-11(10)12(13)14/h3-6,9H,7-8H2,1-2H3. The highest BCUT2D eigenvalue weighted by molar-refractivity contribution is 7.91. The maximum absolute atomic E-state index is 11.6.